The summed E-state index contributed by atoms with van der Waals surface area (Å²) < 4.78 is 71.5. The zero-order chi connectivity index (χ0) is 11.8. The molecule has 0 N–H and O–H groups in total. The summed E-state index contributed by atoms with van der Waals surface area (Å²) in [4.78, 5) is 0. The molecule has 0 radical (unpaired) electrons. The van der Waals surface area contributed by atoms with E-state index >= 15 is 0 Å². The molecule has 0 saturated carbocycles. The Morgan fingerprint density at radius 1 is 0.733 bits per heavy atom. The Labute approximate surface area is 93.0 Å². The van der Waals surface area contributed by atoms with Gasteiger partial charge in [-0.05, 0) is 0 Å². The molecule has 0 unspecified atom stereocenters. The van der Waals surface area contributed by atoms with Gasteiger partial charge >= 0.3 is 0 Å². The maximum absolute atomic E-state index is 10.0. The third-order valence-electron chi connectivity index (χ3n) is 0.875. The van der Waals surface area contributed by atoms with Gasteiger partial charge in [-0.3, -0.25) is 0 Å². The van der Waals surface area contributed by atoms with Crippen LogP contribution in [-0.4, -0.2) is 19.3 Å². The molecular weight excluding hydrogens is 286 g/mol. The Kier molecular flexibility index (Phi) is 8.93. The molecule has 0 spiro atoms. The summed E-state index contributed by atoms with van der Waals surface area (Å²) in [5.41, 5.74) is 0. The minimum atomic E-state index is -2.62. The number of halogens is 3. The monoisotopic (exact) mass is 290 g/mol. The van der Waals surface area contributed by atoms with Crippen LogP contribution in [0.3, 0.4) is 0 Å². The predicted molar refractivity (Wildman–Crippen MR) is 16.8 cm³/mol. The average molecular weight is 291 g/mol. The lowest BCUT2D eigenvalue weighted by Gasteiger charge is -2.03. The second-order valence-electron chi connectivity index (χ2n) is 1.83. The molecule has 12 heteroatoms. The lowest BCUT2D eigenvalue weighted by atomic mass is 10.4. The molecule has 0 amide bonds. The van der Waals surface area contributed by atoms with Crippen molar-refractivity contribution in [1.29, 1.82) is 0 Å². The van der Waals surface area contributed by atoms with E-state index < -0.39 is 51.7 Å². The smallest absolute Gasteiger partial charge is 0.286 e. The molecule has 0 saturated heterocycles. The molecule has 0 fully saturated rings. The zero-order valence-electron chi connectivity index (χ0n) is 6.80. The fourth-order valence-electron chi connectivity index (χ4n) is 0.446. The minimum Gasteiger partial charge on any atom is -0.320 e. The molecule has 0 heterocycles. The van der Waals surface area contributed by atoms with Crippen molar-refractivity contribution in [1.82, 2.24) is 0 Å². The molecular formula is C3H5Cl3O9. The first-order valence-corrected chi connectivity index (χ1v) is 5.80. The van der Waals surface area contributed by atoms with Crippen LogP contribution >= 0.6 is 0 Å². The second-order valence-corrected chi connectivity index (χ2v) is 3.58. The highest BCUT2D eigenvalue weighted by Crippen LogP contribution is 1.99. The van der Waals surface area contributed by atoms with Gasteiger partial charge in [-0.25, -0.2) is 0 Å². The Hall–Kier alpha value is 0.510. The van der Waals surface area contributed by atoms with Crippen LogP contribution in [0.2, 0.25) is 0 Å². The zero-order valence-corrected chi connectivity index (χ0v) is 9.07. The van der Waals surface area contributed by atoms with E-state index in [2.05, 4.69) is 12.9 Å². The minimum absolute atomic E-state index is 0.711. The van der Waals surface area contributed by atoms with E-state index in [9.17, 15) is 28.0 Å². The van der Waals surface area contributed by atoms with Gasteiger partial charge in [0.1, 0.15) is 0 Å². The standard InChI is InChI=1S/C3H5Cl3O9/c7-4(8)13-1-3(15-6(11)12)2-14-5(9)10/h3H,1-2H2. The van der Waals surface area contributed by atoms with E-state index in [1.54, 1.807) is 0 Å². The maximum Gasteiger partial charge on any atom is 0.286 e. The van der Waals surface area contributed by atoms with E-state index in [0.29, 0.717) is 0 Å². The van der Waals surface area contributed by atoms with Crippen molar-refractivity contribution in [2.24, 2.45) is 0 Å². The summed E-state index contributed by atoms with van der Waals surface area (Å²) in [5.74, 6) is 0. The summed E-state index contributed by atoms with van der Waals surface area (Å²) >= 11 is 0. The fourth-order valence-corrected chi connectivity index (χ4v) is 1.24. The molecule has 15 heavy (non-hydrogen) atoms. The van der Waals surface area contributed by atoms with Crippen LogP contribution in [0, 0.1) is 32.4 Å². The Bertz CT molecular complexity index is 142. The molecule has 0 atom stereocenters. The van der Waals surface area contributed by atoms with E-state index in [1.165, 1.54) is 0 Å². The first kappa shape index (κ1) is 15.5. The first-order chi connectivity index (χ1) is 6.91. The topological polar surface area (TPSA) is 166 Å². The van der Waals surface area contributed by atoms with Gasteiger partial charge in [-0.2, -0.15) is 0 Å². The highest BCUT2D eigenvalue weighted by molar-refractivity contribution is 4.48. The average Bonchev–Trinajstić information content (AvgIpc) is 2.08. The molecule has 0 bridgehead atoms. The summed E-state index contributed by atoms with van der Waals surface area (Å²) in [5, 5.41) is 0. The quantitative estimate of drug-likeness (QED) is 0.422. The van der Waals surface area contributed by atoms with Gasteiger partial charge < -0.3 is 28.0 Å². The van der Waals surface area contributed by atoms with Gasteiger partial charge in [-0.1, -0.05) is 0 Å². The lowest BCUT2D eigenvalue weighted by Crippen LogP contribution is -2.45. The fraction of sp³-hybridized carbons (Fsp3) is 1.00. The molecule has 92 valence electrons. The van der Waals surface area contributed by atoms with Crippen LogP contribution in [-0.2, 0) is 12.9 Å². The highest BCUT2D eigenvalue weighted by Gasteiger charge is 2.31. The van der Waals surface area contributed by atoms with Crippen LogP contribution in [0.25, 0.3) is 0 Å². The van der Waals surface area contributed by atoms with Crippen molar-refractivity contribution in [3.63, 3.8) is 0 Å². The highest BCUT2D eigenvalue weighted by atomic mass is 35.6. The largest absolute Gasteiger partial charge is 0.320 e. The predicted octanol–water partition coefficient (Wildman–Crippen LogP) is -7.34. The normalized spacial score (nSPS) is 12.4. The van der Waals surface area contributed by atoms with Crippen LogP contribution in [0.5, 0.6) is 0 Å². The summed E-state index contributed by atoms with van der Waals surface area (Å²) in [7, 11) is -7.71. The van der Waals surface area contributed by atoms with Gasteiger partial charge in [0, 0.05) is 12.9 Å². The van der Waals surface area contributed by atoms with E-state index in [-0.39, 0.29) is 0 Å². The molecule has 0 aliphatic heterocycles. The first-order valence-electron chi connectivity index (χ1n) is 3.02. The van der Waals surface area contributed by atoms with Crippen molar-refractivity contribution >= 4 is 0 Å². The lowest BCUT2D eigenvalue weighted by molar-refractivity contribution is -1.64. The summed E-state index contributed by atoms with van der Waals surface area (Å²) in [6.07, 6.45) is -1.40. The molecule has 0 rings (SSSR count). The Balaban J connectivity index is 3.84. The SMILES string of the molecule is [O-][Cl+2]([O-])OCC(CO[Cl+2]([O-])[O-])O[Cl+2]([O-])[O-]. The van der Waals surface area contributed by atoms with Crippen molar-refractivity contribution < 1.29 is 73.2 Å². The van der Waals surface area contributed by atoms with Crippen molar-refractivity contribution in [3.8, 4) is 0 Å². The Morgan fingerprint density at radius 3 is 1.40 bits per heavy atom. The van der Waals surface area contributed by atoms with E-state index in [1.807, 2.05) is 0 Å². The van der Waals surface area contributed by atoms with Crippen LogP contribution in [0.15, 0.2) is 0 Å². The summed E-state index contributed by atoms with van der Waals surface area (Å²) in [6.45, 7) is -1.42. The van der Waals surface area contributed by atoms with Crippen LogP contribution in [0.4, 0.5) is 0 Å². The van der Waals surface area contributed by atoms with Crippen molar-refractivity contribution in [3.05, 3.63) is 0 Å². The summed E-state index contributed by atoms with van der Waals surface area (Å²) in [6, 6.07) is 0. The second kappa shape index (κ2) is 8.64. The third kappa shape index (κ3) is 10.8. The number of hydrogen-bond acceptors (Lipinski definition) is 9. The Morgan fingerprint density at radius 2 is 1.13 bits per heavy atom. The van der Waals surface area contributed by atoms with Gasteiger partial charge in [0.05, 0.1) is 0 Å². The molecule has 0 aliphatic rings. The third-order valence-corrected chi connectivity index (χ3v) is 1.88. The van der Waals surface area contributed by atoms with Crippen molar-refractivity contribution in [2.75, 3.05) is 13.2 Å². The molecule has 0 aliphatic carbocycles. The van der Waals surface area contributed by atoms with Gasteiger partial charge in [0.15, 0.2) is 13.2 Å². The van der Waals surface area contributed by atoms with Gasteiger partial charge in [0.25, 0.3) is 32.4 Å². The van der Waals surface area contributed by atoms with Crippen LogP contribution < -0.4 is 28.0 Å². The maximum atomic E-state index is 10.0. The number of rotatable bonds is 8. The van der Waals surface area contributed by atoms with E-state index in [4.69, 9.17) is 0 Å². The molecule has 0 aromatic rings. The van der Waals surface area contributed by atoms with Crippen molar-refractivity contribution in [2.45, 2.75) is 6.10 Å². The van der Waals surface area contributed by atoms with E-state index in [0.717, 1.165) is 0 Å². The molecule has 0 aromatic carbocycles. The van der Waals surface area contributed by atoms with Gasteiger partial charge in [0.2, 0.25) is 6.10 Å². The molecule has 0 aromatic heterocycles. The van der Waals surface area contributed by atoms with Gasteiger partial charge in [-0.15, -0.1) is 0 Å². The number of hydrogen-bond donors (Lipinski definition) is 0. The van der Waals surface area contributed by atoms with Crippen LogP contribution in [0.1, 0.15) is 0 Å². The molecule has 9 nitrogen and oxygen atoms in total.